The van der Waals surface area contributed by atoms with E-state index in [-0.39, 0.29) is 30.7 Å². The first-order chi connectivity index (χ1) is 13.0. The zero-order chi connectivity index (χ0) is 19.4. The SMILES string of the molecule is COc1nn(C)c2nc(C)c(CCC(=O)NCCC3CCCNC3)c(C)c12.Cl.Cl. The number of pyridine rings is 1. The Bertz CT molecular complexity index is 819. The van der Waals surface area contributed by atoms with Gasteiger partial charge in [-0.3, -0.25) is 4.79 Å². The summed E-state index contributed by atoms with van der Waals surface area (Å²) in [4.78, 5) is 17.0. The average molecular weight is 446 g/mol. The van der Waals surface area contributed by atoms with Gasteiger partial charge in [0.2, 0.25) is 11.8 Å². The van der Waals surface area contributed by atoms with Gasteiger partial charge >= 0.3 is 0 Å². The molecule has 0 spiro atoms. The summed E-state index contributed by atoms with van der Waals surface area (Å²) < 4.78 is 7.14. The molecule has 1 saturated heterocycles. The number of halogens is 2. The fourth-order valence-electron chi connectivity index (χ4n) is 4.02. The molecule has 2 aromatic rings. The Balaban J connectivity index is 0.00000210. The Hall–Kier alpha value is -1.57. The van der Waals surface area contributed by atoms with E-state index in [2.05, 4.69) is 27.6 Å². The number of carbonyl (C=O) groups is 1. The van der Waals surface area contributed by atoms with Gasteiger partial charge in [-0.15, -0.1) is 29.9 Å². The molecule has 3 rings (SSSR count). The second-order valence-corrected chi connectivity index (χ2v) is 7.48. The van der Waals surface area contributed by atoms with Gasteiger partial charge in [0.15, 0.2) is 5.65 Å². The summed E-state index contributed by atoms with van der Waals surface area (Å²) in [6, 6.07) is 0. The monoisotopic (exact) mass is 445 g/mol. The number of ether oxygens (including phenoxy) is 1. The highest BCUT2D eigenvalue weighted by molar-refractivity contribution is 5.86. The number of hydrogen-bond acceptors (Lipinski definition) is 5. The summed E-state index contributed by atoms with van der Waals surface area (Å²) in [6.07, 6.45) is 4.71. The van der Waals surface area contributed by atoms with Gasteiger partial charge in [0.25, 0.3) is 0 Å². The lowest BCUT2D eigenvalue weighted by molar-refractivity contribution is -0.121. The van der Waals surface area contributed by atoms with Crippen molar-refractivity contribution in [3.8, 4) is 5.88 Å². The summed E-state index contributed by atoms with van der Waals surface area (Å²) >= 11 is 0. The van der Waals surface area contributed by atoms with Crippen molar-refractivity contribution >= 4 is 41.8 Å². The van der Waals surface area contributed by atoms with Crippen LogP contribution < -0.4 is 15.4 Å². The maximum absolute atomic E-state index is 12.3. The summed E-state index contributed by atoms with van der Waals surface area (Å²) in [6.45, 7) is 7.02. The van der Waals surface area contributed by atoms with Crippen molar-refractivity contribution in [3.05, 3.63) is 16.8 Å². The van der Waals surface area contributed by atoms with Gasteiger partial charge in [0.05, 0.1) is 12.5 Å². The number of carbonyl (C=O) groups excluding carboxylic acids is 1. The molecule has 0 radical (unpaired) electrons. The molecule has 0 aromatic carbocycles. The van der Waals surface area contributed by atoms with Gasteiger partial charge in [-0.2, -0.15) is 0 Å². The zero-order valence-corrected chi connectivity index (χ0v) is 19.3. The molecule has 164 valence electrons. The van der Waals surface area contributed by atoms with Gasteiger partial charge < -0.3 is 15.4 Å². The smallest absolute Gasteiger partial charge is 0.242 e. The second kappa shape index (κ2) is 11.6. The number of fused-ring (bicyclic) bond motifs is 1. The van der Waals surface area contributed by atoms with Crippen LogP contribution in [0.25, 0.3) is 11.0 Å². The highest BCUT2D eigenvalue weighted by Crippen LogP contribution is 2.30. The van der Waals surface area contributed by atoms with E-state index in [1.54, 1.807) is 11.8 Å². The first-order valence-corrected chi connectivity index (χ1v) is 9.85. The van der Waals surface area contributed by atoms with Crippen molar-refractivity contribution in [1.29, 1.82) is 0 Å². The normalized spacial score (nSPS) is 16.1. The Morgan fingerprint density at radius 1 is 1.34 bits per heavy atom. The molecule has 9 heteroatoms. The van der Waals surface area contributed by atoms with Gasteiger partial charge in [-0.05, 0) is 69.7 Å². The minimum atomic E-state index is 0. The number of hydrogen-bond donors (Lipinski definition) is 2. The van der Waals surface area contributed by atoms with Gasteiger partial charge in [0.1, 0.15) is 0 Å². The second-order valence-electron chi connectivity index (χ2n) is 7.48. The molecule has 1 amide bonds. The van der Waals surface area contributed by atoms with Crippen LogP contribution in [-0.2, 0) is 18.3 Å². The molecular formula is C20H33Cl2N5O2. The zero-order valence-electron chi connectivity index (χ0n) is 17.7. The lowest BCUT2D eigenvalue weighted by Gasteiger charge is -2.22. The van der Waals surface area contributed by atoms with E-state index in [1.165, 1.54) is 12.8 Å². The average Bonchev–Trinajstić information content (AvgIpc) is 2.98. The Kier molecular flexibility index (Phi) is 10.2. The van der Waals surface area contributed by atoms with Crippen LogP contribution in [0.5, 0.6) is 5.88 Å². The standard InChI is InChI=1S/C20H31N5O2.2ClH/c1-13-16(14(2)23-19-18(13)20(27-4)24-25(19)3)7-8-17(26)22-11-9-15-6-5-10-21-12-15;;/h15,21H,5-12H2,1-4H3,(H,22,26);2*1H. The molecule has 1 unspecified atom stereocenters. The minimum Gasteiger partial charge on any atom is -0.479 e. The summed E-state index contributed by atoms with van der Waals surface area (Å²) in [5.74, 6) is 1.38. The number of nitrogens with one attached hydrogen (secondary N) is 2. The largest absolute Gasteiger partial charge is 0.479 e. The Morgan fingerprint density at radius 3 is 2.76 bits per heavy atom. The summed E-state index contributed by atoms with van der Waals surface area (Å²) in [5, 5.41) is 11.8. The summed E-state index contributed by atoms with van der Waals surface area (Å²) in [7, 11) is 3.49. The third kappa shape index (κ3) is 5.96. The molecular weight excluding hydrogens is 413 g/mol. The van der Waals surface area contributed by atoms with Crippen molar-refractivity contribution < 1.29 is 9.53 Å². The van der Waals surface area contributed by atoms with Gasteiger partial charge in [-0.1, -0.05) is 0 Å². The van der Waals surface area contributed by atoms with Crippen LogP contribution in [0.4, 0.5) is 0 Å². The first kappa shape index (κ1) is 25.5. The fourth-order valence-corrected chi connectivity index (χ4v) is 4.02. The van der Waals surface area contributed by atoms with Crippen molar-refractivity contribution in [2.24, 2.45) is 13.0 Å². The quantitative estimate of drug-likeness (QED) is 0.684. The Labute approximate surface area is 185 Å². The fraction of sp³-hybridized carbons (Fsp3) is 0.650. The highest BCUT2D eigenvalue weighted by atomic mass is 35.5. The first-order valence-electron chi connectivity index (χ1n) is 9.85. The number of rotatable bonds is 7. The highest BCUT2D eigenvalue weighted by Gasteiger charge is 2.18. The van der Waals surface area contributed by atoms with Crippen LogP contribution in [0, 0.1) is 19.8 Å². The van der Waals surface area contributed by atoms with E-state index in [0.29, 0.717) is 24.6 Å². The van der Waals surface area contributed by atoms with Crippen LogP contribution in [0.1, 0.15) is 42.5 Å². The predicted molar refractivity (Wildman–Crippen MR) is 121 cm³/mol. The van der Waals surface area contributed by atoms with Crippen LogP contribution in [0.3, 0.4) is 0 Å². The van der Waals surface area contributed by atoms with E-state index in [1.807, 2.05) is 14.0 Å². The molecule has 0 saturated carbocycles. The molecule has 1 atom stereocenters. The van der Waals surface area contributed by atoms with Crippen molar-refractivity contribution in [3.63, 3.8) is 0 Å². The van der Waals surface area contributed by atoms with Gasteiger partial charge in [-0.25, -0.2) is 9.67 Å². The van der Waals surface area contributed by atoms with Crippen LogP contribution in [-0.4, -0.2) is 47.4 Å². The number of piperidine rings is 1. The molecule has 1 aliphatic heterocycles. The molecule has 1 fully saturated rings. The lowest BCUT2D eigenvalue weighted by Crippen LogP contribution is -2.33. The number of methoxy groups -OCH3 is 1. The van der Waals surface area contributed by atoms with Crippen LogP contribution in [0.2, 0.25) is 0 Å². The third-order valence-corrected chi connectivity index (χ3v) is 5.59. The van der Waals surface area contributed by atoms with E-state index in [4.69, 9.17) is 4.74 Å². The molecule has 29 heavy (non-hydrogen) atoms. The molecule has 3 heterocycles. The molecule has 0 aliphatic carbocycles. The van der Waals surface area contributed by atoms with Crippen molar-refractivity contribution in [2.45, 2.75) is 46.0 Å². The molecule has 7 nitrogen and oxygen atoms in total. The maximum atomic E-state index is 12.3. The number of nitrogens with zero attached hydrogens (tertiary/aromatic N) is 3. The van der Waals surface area contributed by atoms with Gasteiger partial charge in [0, 0.05) is 25.7 Å². The van der Waals surface area contributed by atoms with E-state index in [9.17, 15) is 4.79 Å². The van der Waals surface area contributed by atoms with E-state index < -0.39 is 0 Å². The topological polar surface area (TPSA) is 81.1 Å². The number of aryl methyl sites for hydroxylation is 3. The number of amides is 1. The molecule has 0 bridgehead atoms. The third-order valence-electron chi connectivity index (χ3n) is 5.59. The van der Waals surface area contributed by atoms with E-state index in [0.717, 1.165) is 53.9 Å². The van der Waals surface area contributed by atoms with Crippen molar-refractivity contribution in [1.82, 2.24) is 25.4 Å². The number of aromatic nitrogens is 3. The van der Waals surface area contributed by atoms with Crippen LogP contribution in [0.15, 0.2) is 0 Å². The Morgan fingerprint density at radius 2 is 2.10 bits per heavy atom. The van der Waals surface area contributed by atoms with E-state index >= 15 is 0 Å². The maximum Gasteiger partial charge on any atom is 0.242 e. The summed E-state index contributed by atoms with van der Waals surface area (Å²) in [5.41, 5.74) is 3.98. The predicted octanol–water partition coefficient (Wildman–Crippen LogP) is 2.88. The van der Waals surface area contributed by atoms with Crippen molar-refractivity contribution in [2.75, 3.05) is 26.7 Å². The molecule has 2 aromatic heterocycles. The minimum absolute atomic E-state index is 0. The van der Waals surface area contributed by atoms with Crippen LogP contribution >= 0.6 is 24.8 Å². The lowest BCUT2D eigenvalue weighted by atomic mass is 9.96. The molecule has 2 N–H and O–H groups in total. The molecule has 1 aliphatic rings.